The maximum atomic E-state index is 12.9. The van der Waals surface area contributed by atoms with Crippen LogP contribution in [0.4, 0.5) is 0 Å². The van der Waals surface area contributed by atoms with Gasteiger partial charge in [-0.15, -0.1) is 0 Å². The molecule has 0 saturated carbocycles. The van der Waals surface area contributed by atoms with E-state index in [1.54, 1.807) is 28.6 Å². The van der Waals surface area contributed by atoms with Crippen molar-refractivity contribution in [3.63, 3.8) is 0 Å². The maximum absolute atomic E-state index is 12.9. The largest absolute Gasteiger partial charge is 0.328 e. The molecule has 1 unspecified atom stereocenters. The van der Waals surface area contributed by atoms with Gasteiger partial charge in [-0.3, -0.25) is 0 Å². The van der Waals surface area contributed by atoms with E-state index in [1.807, 2.05) is 37.4 Å². The average molecular weight is 382 g/mol. The van der Waals surface area contributed by atoms with Crippen molar-refractivity contribution in [2.24, 2.45) is 0 Å². The summed E-state index contributed by atoms with van der Waals surface area (Å²) in [5.41, 5.74) is 2.31. The van der Waals surface area contributed by atoms with Gasteiger partial charge < -0.3 is 4.57 Å². The quantitative estimate of drug-likeness (QED) is 0.680. The number of hydrogen-bond acceptors (Lipinski definition) is 3. The van der Waals surface area contributed by atoms with Gasteiger partial charge in [0.05, 0.1) is 4.90 Å². The average Bonchev–Trinajstić information content (AvgIpc) is 3.31. The van der Waals surface area contributed by atoms with E-state index < -0.39 is 10.0 Å². The summed E-state index contributed by atoms with van der Waals surface area (Å²) in [4.78, 5) is 4.98. The van der Waals surface area contributed by atoms with E-state index in [9.17, 15) is 8.42 Å². The molecule has 0 amide bonds. The molecule has 2 heterocycles. The Labute approximate surface area is 160 Å². The SMILES string of the molecule is Cc1cnc(C2CCN(S(=O)(=O)c3ccccc3)C2)n1Cc1ccccc1. The lowest BCUT2D eigenvalue weighted by molar-refractivity contribution is 0.469. The number of hydrogen-bond donors (Lipinski definition) is 0. The van der Waals surface area contributed by atoms with Crippen molar-refractivity contribution in [1.82, 2.24) is 13.9 Å². The molecule has 1 aliphatic rings. The number of imidazole rings is 1. The van der Waals surface area contributed by atoms with Gasteiger partial charge in [-0.1, -0.05) is 48.5 Å². The summed E-state index contributed by atoms with van der Waals surface area (Å²) >= 11 is 0. The molecule has 140 valence electrons. The molecule has 0 spiro atoms. The fourth-order valence-electron chi connectivity index (χ4n) is 3.68. The van der Waals surface area contributed by atoms with Gasteiger partial charge in [0.15, 0.2) is 0 Å². The molecule has 0 radical (unpaired) electrons. The Bertz CT molecular complexity index is 1010. The highest BCUT2D eigenvalue weighted by molar-refractivity contribution is 7.89. The molecule has 1 saturated heterocycles. The molecule has 5 nitrogen and oxygen atoms in total. The Kier molecular flexibility index (Phi) is 4.85. The maximum Gasteiger partial charge on any atom is 0.243 e. The van der Waals surface area contributed by atoms with Crippen molar-refractivity contribution >= 4 is 10.0 Å². The number of sulfonamides is 1. The molecule has 4 rings (SSSR count). The van der Waals surface area contributed by atoms with Gasteiger partial charge in [0.25, 0.3) is 0 Å². The Morgan fingerprint density at radius 1 is 1.04 bits per heavy atom. The minimum Gasteiger partial charge on any atom is -0.328 e. The monoisotopic (exact) mass is 381 g/mol. The second kappa shape index (κ2) is 7.29. The summed E-state index contributed by atoms with van der Waals surface area (Å²) in [5.74, 6) is 1.09. The van der Waals surface area contributed by atoms with Crippen LogP contribution in [-0.2, 0) is 16.6 Å². The summed E-state index contributed by atoms with van der Waals surface area (Å²) in [6.07, 6.45) is 2.67. The van der Waals surface area contributed by atoms with Gasteiger partial charge in [-0.25, -0.2) is 13.4 Å². The van der Waals surface area contributed by atoms with Crippen LogP contribution in [0.5, 0.6) is 0 Å². The first-order valence-corrected chi connectivity index (χ1v) is 10.6. The normalized spacial score (nSPS) is 18.0. The minimum absolute atomic E-state index is 0.112. The van der Waals surface area contributed by atoms with Crippen LogP contribution >= 0.6 is 0 Å². The highest BCUT2D eigenvalue weighted by Gasteiger charge is 2.35. The number of nitrogens with zero attached hydrogens (tertiary/aromatic N) is 3. The Hall–Kier alpha value is -2.44. The number of aromatic nitrogens is 2. The van der Waals surface area contributed by atoms with Crippen molar-refractivity contribution < 1.29 is 8.42 Å². The molecule has 0 aliphatic carbocycles. The molecule has 1 aliphatic heterocycles. The molecule has 0 N–H and O–H groups in total. The lowest BCUT2D eigenvalue weighted by Gasteiger charge is -2.18. The molecule has 1 aromatic heterocycles. The fourth-order valence-corrected chi connectivity index (χ4v) is 5.20. The summed E-state index contributed by atoms with van der Waals surface area (Å²) in [7, 11) is -3.45. The minimum atomic E-state index is -3.45. The molecular formula is C21H23N3O2S. The van der Waals surface area contributed by atoms with Gasteiger partial charge in [0, 0.05) is 37.4 Å². The molecule has 1 fully saturated rings. The van der Waals surface area contributed by atoms with Crippen LogP contribution in [0.2, 0.25) is 0 Å². The van der Waals surface area contributed by atoms with Crippen LogP contribution in [-0.4, -0.2) is 35.4 Å². The number of rotatable bonds is 5. The zero-order valence-electron chi connectivity index (χ0n) is 15.3. The zero-order chi connectivity index (χ0) is 18.9. The first-order valence-electron chi connectivity index (χ1n) is 9.17. The summed E-state index contributed by atoms with van der Waals surface area (Å²) in [5, 5.41) is 0. The van der Waals surface area contributed by atoms with E-state index in [2.05, 4.69) is 21.7 Å². The zero-order valence-corrected chi connectivity index (χ0v) is 16.1. The second-order valence-electron chi connectivity index (χ2n) is 6.99. The predicted octanol–water partition coefficient (Wildman–Crippen LogP) is 3.42. The predicted molar refractivity (Wildman–Crippen MR) is 105 cm³/mol. The Morgan fingerprint density at radius 2 is 1.70 bits per heavy atom. The molecule has 1 atom stereocenters. The standard InChI is InChI=1S/C21H23N3O2S/c1-17-14-22-21(24(17)15-18-8-4-2-5-9-18)19-12-13-23(16-19)27(25,26)20-10-6-3-7-11-20/h2-11,14,19H,12-13,15-16H2,1H3. The molecule has 27 heavy (non-hydrogen) atoms. The van der Waals surface area contributed by atoms with Crippen LogP contribution in [0.3, 0.4) is 0 Å². The van der Waals surface area contributed by atoms with Gasteiger partial charge >= 0.3 is 0 Å². The fraction of sp³-hybridized carbons (Fsp3) is 0.286. The third-order valence-electron chi connectivity index (χ3n) is 5.17. The summed E-state index contributed by atoms with van der Waals surface area (Å²) < 4.78 is 29.6. The first kappa shape index (κ1) is 17.9. The van der Waals surface area contributed by atoms with Crippen LogP contribution < -0.4 is 0 Å². The molecular weight excluding hydrogens is 358 g/mol. The number of benzene rings is 2. The van der Waals surface area contributed by atoms with E-state index in [-0.39, 0.29) is 5.92 Å². The second-order valence-corrected chi connectivity index (χ2v) is 8.93. The van der Waals surface area contributed by atoms with E-state index >= 15 is 0 Å². The van der Waals surface area contributed by atoms with Gasteiger partial charge in [-0.05, 0) is 31.0 Å². The van der Waals surface area contributed by atoms with Gasteiger partial charge in [0.1, 0.15) is 5.82 Å². The van der Waals surface area contributed by atoms with E-state index in [0.29, 0.717) is 18.0 Å². The summed E-state index contributed by atoms with van der Waals surface area (Å²) in [6.45, 7) is 3.80. The van der Waals surface area contributed by atoms with Gasteiger partial charge in [0.2, 0.25) is 10.0 Å². The first-order chi connectivity index (χ1) is 13.1. The van der Waals surface area contributed by atoms with Crippen LogP contribution in [0.1, 0.15) is 29.4 Å². The third-order valence-corrected chi connectivity index (χ3v) is 7.05. The van der Waals surface area contributed by atoms with Gasteiger partial charge in [-0.2, -0.15) is 4.31 Å². The molecule has 6 heteroatoms. The van der Waals surface area contributed by atoms with E-state index in [1.165, 1.54) is 5.56 Å². The lowest BCUT2D eigenvalue weighted by atomic mass is 10.1. The Morgan fingerprint density at radius 3 is 2.41 bits per heavy atom. The van der Waals surface area contributed by atoms with E-state index in [0.717, 1.165) is 24.5 Å². The smallest absolute Gasteiger partial charge is 0.243 e. The van der Waals surface area contributed by atoms with Crippen molar-refractivity contribution in [2.45, 2.75) is 30.7 Å². The highest BCUT2D eigenvalue weighted by atomic mass is 32.2. The molecule has 0 bridgehead atoms. The van der Waals surface area contributed by atoms with Crippen molar-refractivity contribution in [2.75, 3.05) is 13.1 Å². The third kappa shape index (κ3) is 3.55. The molecule has 3 aromatic rings. The number of aryl methyl sites for hydroxylation is 1. The molecule has 2 aromatic carbocycles. The van der Waals surface area contributed by atoms with Crippen molar-refractivity contribution in [3.05, 3.63) is 83.9 Å². The summed E-state index contributed by atoms with van der Waals surface area (Å²) in [6, 6.07) is 18.9. The topological polar surface area (TPSA) is 55.2 Å². The Balaban J connectivity index is 1.56. The van der Waals surface area contributed by atoms with Crippen molar-refractivity contribution in [3.8, 4) is 0 Å². The lowest BCUT2D eigenvalue weighted by Crippen LogP contribution is -2.29. The van der Waals surface area contributed by atoms with Crippen LogP contribution in [0, 0.1) is 6.92 Å². The van der Waals surface area contributed by atoms with Crippen LogP contribution in [0.25, 0.3) is 0 Å². The van der Waals surface area contributed by atoms with Crippen molar-refractivity contribution in [1.29, 1.82) is 0 Å². The highest BCUT2D eigenvalue weighted by Crippen LogP contribution is 2.31. The van der Waals surface area contributed by atoms with E-state index in [4.69, 9.17) is 0 Å². The van der Waals surface area contributed by atoms with Crippen LogP contribution in [0.15, 0.2) is 71.8 Å².